The maximum Gasteiger partial charge on any atom is 0.344 e. The largest absolute Gasteiger partial charge is 0.488 e. The molecule has 7 nitrogen and oxygen atoms in total. The van der Waals surface area contributed by atoms with Gasteiger partial charge >= 0.3 is 5.97 Å². The van der Waals surface area contributed by atoms with Crippen LogP contribution in [0, 0.1) is 0 Å². The molecule has 2 saturated carbocycles. The molecule has 0 saturated heterocycles. The van der Waals surface area contributed by atoms with Crippen LogP contribution in [0.3, 0.4) is 0 Å². The molecule has 0 bridgehead atoms. The number of aliphatic carboxylic acids is 1. The molecular weight excluding hydrogens is 579 g/mol. The number of hydrogen-bond acceptors (Lipinski definition) is 6. The molecule has 1 heterocycles. The standard InChI is InChI=1S/C26H35F5N2O5S2/c1-24(27,23(34)35)15-38-20-11-22-19(10-21(20)39-18-12-26(30,31)13-18)33(16-6-4-5-7-16)14-17(8-9-25(2,28)29)32(3)40(22,36)37/h10-11,16-18H,4-9,12-15H2,1-3H3,(H,34,35)/t17-,24?/m1/s1. The SMILES string of the molecule is CN1[C@H](CCC(C)(F)F)CN(C2CCCC2)c2cc(SC3CC(F)(F)C3)c(OCC(C)(F)C(=O)O)cc2S1(=O)=O. The lowest BCUT2D eigenvalue weighted by Gasteiger charge is -2.36. The van der Waals surface area contributed by atoms with E-state index in [0.29, 0.717) is 10.6 Å². The number of carbonyl (C=O) groups is 1. The molecule has 0 amide bonds. The molecule has 40 heavy (non-hydrogen) atoms. The van der Waals surface area contributed by atoms with Gasteiger partial charge in [-0.25, -0.2) is 35.2 Å². The van der Waals surface area contributed by atoms with Crippen molar-refractivity contribution in [1.82, 2.24) is 4.31 Å². The Labute approximate surface area is 235 Å². The van der Waals surface area contributed by atoms with E-state index in [1.807, 2.05) is 4.90 Å². The normalized spacial score (nSPS) is 25.1. The van der Waals surface area contributed by atoms with E-state index in [4.69, 9.17) is 4.74 Å². The van der Waals surface area contributed by atoms with Crippen LogP contribution < -0.4 is 9.64 Å². The zero-order valence-corrected chi connectivity index (χ0v) is 24.3. The Bertz CT molecular complexity index is 1210. The Morgan fingerprint density at radius 2 is 1.80 bits per heavy atom. The second kappa shape index (κ2) is 11.1. The summed E-state index contributed by atoms with van der Waals surface area (Å²) in [5, 5.41) is 8.67. The van der Waals surface area contributed by atoms with Crippen molar-refractivity contribution >= 4 is 33.4 Å². The van der Waals surface area contributed by atoms with E-state index in [2.05, 4.69) is 0 Å². The predicted molar refractivity (Wildman–Crippen MR) is 141 cm³/mol. The molecule has 14 heteroatoms. The molecule has 1 aromatic rings. The second-order valence-electron chi connectivity index (χ2n) is 11.4. The topological polar surface area (TPSA) is 87.2 Å². The van der Waals surface area contributed by atoms with Crippen molar-refractivity contribution in [3.63, 3.8) is 0 Å². The molecule has 4 rings (SSSR count). The van der Waals surface area contributed by atoms with Gasteiger partial charge in [-0.15, -0.1) is 11.8 Å². The van der Waals surface area contributed by atoms with Gasteiger partial charge in [-0.05, 0) is 39.2 Å². The van der Waals surface area contributed by atoms with Gasteiger partial charge in [0.25, 0.3) is 0 Å². The van der Waals surface area contributed by atoms with Crippen molar-refractivity contribution < 1.29 is 45.0 Å². The van der Waals surface area contributed by atoms with Gasteiger partial charge in [-0.3, -0.25) is 0 Å². The smallest absolute Gasteiger partial charge is 0.344 e. The average Bonchev–Trinajstić information content (AvgIpc) is 3.33. The van der Waals surface area contributed by atoms with Crippen molar-refractivity contribution in [1.29, 1.82) is 0 Å². The first kappa shape index (κ1) is 31.1. The molecule has 2 atom stereocenters. The highest BCUT2D eigenvalue weighted by atomic mass is 32.2. The highest BCUT2D eigenvalue weighted by Crippen LogP contribution is 2.51. The summed E-state index contributed by atoms with van der Waals surface area (Å²) in [6.45, 7) is 0.815. The minimum Gasteiger partial charge on any atom is -0.488 e. The molecular formula is C26H35F5N2O5S2. The van der Waals surface area contributed by atoms with Crippen LogP contribution in [0.15, 0.2) is 21.9 Å². The van der Waals surface area contributed by atoms with E-state index in [1.54, 1.807) is 0 Å². The monoisotopic (exact) mass is 614 g/mol. The minimum absolute atomic E-state index is 0.0520. The Morgan fingerprint density at radius 3 is 2.35 bits per heavy atom. The molecule has 2 fully saturated rings. The van der Waals surface area contributed by atoms with Gasteiger partial charge in [0, 0.05) is 56.3 Å². The summed E-state index contributed by atoms with van der Waals surface area (Å²) < 4.78 is 104. The molecule has 1 aromatic carbocycles. The van der Waals surface area contributed by atoms with Crippen LogP contribution in [0.5, 0.6) is 5.75 Å². The van der Waals surface area contributed by atoms with E-state index in [1.165, 1.54) is 19.2 Å². The molecule has 2 aliphatic carbocycles. The number of hydrogen-bond donors (Lipinski definition) is 1. The van der Waals surface area contributed by atoms with Gasteiger partial charge in [-0.1, -0.05) is 12.8 Å². The van der Waals surface area contributed by atoms with Gasteiger partial charge in [0.2, 0.25) is 27.5 Å². The third-order valence-electron chi connectivity index (χ3n) is 7.89. The lowest BCUT2D eigenvalue weighted by molar-refractivity contribution is -0.151. The van der Waals surface area contributed by atoms with Gasteiger partial charge < -0.3 is 14.7 Å². The fourth-order valence-electron chi connectivity index (χ4n) is 5.36. The maximum atomic E-state index is 14.6. The van der Waals surface area contributed by atoms with Crippen LogP contribution in [0.2, 0.25) is 0 Å². The van der Waals surface area contributed by atoms with Crippen molar-refractivity contribution in [3.05, 3.63) is 12.1 Å². The first-order valence-corrected chi connectivity index (χ1v) is 15.6. The highest BCUT2D eigenvalue weighted by Gasteiger charge is 2.47. The van der Waals surface area contributed by atoms with E-state index in [0.717, 1.165) is 55.6 Å². The van der Waals surface area contributed by atoms with Crippen LogP contribution in [0.1, 0.15) is 65.2 Å². The minimum atomic E-state index is -4.26. The second-order valence-corrected chi connectivity index (χ2v) is 14.7. The van der Waals surface area contributed by atoms with Gasteiger partial charge in [0.1, 0.15) is 17.3 Å². The number of halogens is 5. The Hall–Kier alpha value is -1.80. The number of fused-ring (bicyclic) bond motifs is 1. The van der Waals surface area contributed by atoms with E-state index in [-0.39, 0.29) is 29.7 Å². The third kappa shape index (κ3) is 6.80. The van der Waals surface area contributed by atoms with Crippen LogP contribution >= 0.6 is 11.8 Å². The van der Waals surface area contributed by atoms with E-state index in [9.17, 15) is 40.3 Å². The molecule has 0 spiro atoms. The van der Waals surface area contributed by atoms with Crippen molar-refractivity contribution in [2.75, 3.05) is 25.1 Å². The van der Waals surface area contributed by atoms with Crippen molar-refractivity contribution in [2.24, 2.45) is 0 Å². The molecule has 1 unspecified atom stereocenters. The molecule has 1 N–H and O–H groups in total. The number of ether oxygens (including phenoxy) is 1. The summed E-state index contributed by atoms with van der Waals surface area (Å²) >= 11 is 1.05. The number of carboxylic acids is 1. The lowest BCUT2D eigenvalue weighted by Crippen LogP contribution is -2.45. The zero-order chi connectivity index (χ0) is 29.7. The van der Waals surface area contributed by atoms with Gasteiger partial charge in [-0.2, -0.15) is 4.31 Å². The average molecular weight is 615 g/mol. The predicted octanol–water partition coefficient (Wildman–Crippen LogP) is 5.96. The third-order valence-corrected chi connectivity index (χ3v) is 11.1. The number of sulfonamides is 1. The van der Waals surface area contributed by atoms with Gasteiger partial charge in [0.15, 0.2) is 0 Å². The Kier molecular flexibility index (Phi) is 8.66. The van der Waals surface area contributed by atoms with Gasteiger partial charge in [0.05, 0.1) is 10.6 Å². The summed E-state index contributed by atoms with van der Waals surface area (Å²) in [7, 11) is -2.93. The Morgan fingerprint density at radius 1 is 1.18 bits per heavy atom. The fraction of sp³-hybridized carbons (Fsp3) is 0.731. The summed E-state index contributed by atoms with van der Waals surface area (Å²) in [4.78, 5) is 13.3. The lowest BCUT2D eigenvalue weighted by atomic mass is 9.94. The van der Waals surface area contributed by atoms with Crippen molar-refractivity contribution in [2.45, 2.75) is 110 Å². The Balaban J connectivity index is 1.79. The zero-order valence-electron chi connectivity index (χ0n) is 22.6. The number of anilines is 1. The molecule has 1 aliphatic heterocycles. The van der Waals surface area contributed by atoms with Crippen LogP contribution in [-0.4, -0.2) is 78.8 Å². The first-order chi connectivity index (χ1) is 18.4. The summed E-state index contributed by atoms with van der Waals surface area (Å²) in [6.07, 6.45) is 1.99. The highest BCUT2D eigenvalue weighted by molar-refractivity contribution is 8.00. The van der Waals surface area contributed by atoms with Crippen LogP contribution in [0.25, 0.3) is 0 Å². The first-order valence-electron chi connectivity index (χ1n) is 13.3. The van der Waals surface area contributed by atoms with E-state index < -0.39 is 70.7 Å². The number of nitrogens with zero attached hydrogens (tertiary/aromatic N) is 2. The number of likely N-dealkylation sites (N-methyl/N-ethyl adjacent to an activating group) is 1. The summed E-state index contributed by atoms with van der Waals surface area (Å²) in [5.41, 5.74) is -2.48. The summed E-state index contributed by atoms with van der Waals surface area (Å²) in [6, 6.07) is 1.90. The quantitative estimate of drug-likeness (QED) is 0.326. The number of carboxylic acid groups (broad SMARTS) is 1. The summed E-state index contributed by atoms with van der Waals surface area (Å²) in [5.74, 6) is -7.71. The molecule has 0 radical (unpaired) electrons. The molecule has 3 aliphatic rings. The van der Waals surface area contributed by atoms with Crippen LogP contribution in [-0.2, 0) is 14.8 Å². The number of alkyl halides is 5. The number of rotatable bonds is 10. The number of benzene rings is 1. The molecule has 0 aromatic heterocycles. The van der Waals surface area contributed by atoms with E-state index >= 15 is 0 Å². The van der Waals surface area contributed by atoms with Crippen LogP contribution in [0.4, 0.5) is 27.6 Å². The maximum absolute atomic E-state index is 14.6. The molecule has 226 valence electrons. The van der Waals surface area contributed by atoms with Crippen molar-refractivity contribution in [3.8, 4) is 5.75 Å². The number of thioether (sulfide) groups is 1. The fourth-order valence-corrected chi connectivity index (χ4v) is 8.36.